The van der Waals surface area contributed by atoms with E-state index >= 15 is 0 Å². The third-order valence-corrected chi connectivity index (χ3v) is 3.01. The summed E-state index contributed by atoms with van der Waals surface area (Å²) >= 11 is 0. The molecular formula is C14H18N2O. The van der Waals surface area contributed by atoms with Crippen molar-refractivity contribution in [2.45, 2.75) is 6.04 Å². The lowest BCUT2D eigenvalue weighted by Gasteiger charge is -2.19. The van der Waals surface area contributed by atoms with Gasteiger partial charge in [-0.25, -0.2) is 0 Å². The first kappa shape index (κ1) is 11.9. The molecule has 0 saturated carbocycles. The molecule has 2 rings (SSSR count). The van der Waals surface area contributed by atoms with Crippen LogP contribution in [-0.2, 0) is 0 Å². The number of anilines is 1. The van der Waals surface area contributed by atoms with Crippen LogP contribution < -0.4 is 10.6 Å². The average Bonchev–Trinajstić information content (AvgIpc) is 2.36. The van der Waals surface area contributed by atoms with Crippen LogP contribution in [0.25, 0.3) is 10.8 Å². The number of aliphatic hydroxyl groups excluding tert-OH is 1. The molecule has 3 N–H and O–H groups in total. The highest BCUT2D eigenvalue weighted by Crippen LogP contribution is 2.30. The summed E-state index contributed by atoms with van der Waals surface area (Å²) < 4.78 is 0. The van der Waals surface area contributed by atoms with Crippen molar-refractivity contribution in [1.82, 2.24) is 0 Å². The van der Waals surface area contributed by atoms with Gasteiger partial charge in [0, 0.05) is 25.2 Å². The van der Waals surface area contributed by atoms with Crippen LogP contribution >= 0.6 is 0 Å². The zero-order valence-corrected chi connectivity index (χ0v) is 10.2. The Morgan fingerprint density at radius 1 is 1.12 bits per heavy atom. The first-order chi connectivity index (χ1) is 8.15. The van der Waals surface area contributed by atoms with Crippen LogP contribution in [-0.4, -0.2) is 25.8 Å². The second kappa shape index (κ2) is 4.73. The second-order valence-electron chi connectivity index (χ2n) is 4.40. The minimum atomic E-state index is -0.323. The topological polar surface area (TPSA) is 49.5 Å². The number of benzene rings is 2. The van der Waals surface area contributed by atoms with Gasteiger partial charge in [0.15, 0.2) is 0 Å². The Bertz CT molecular complexity index is 523. The first-order valence-electron chi connectivity index (χ1n) is 5.70. The van der Waals surface area contributed by atoms with Crippen molar-refractivity contribution in [3.63, 3.8) is 0 Å². The molecule has 0 radical (unpaired) electrons. The van der Waals surface area contributed by atoms with E-state index in [9.17, 15) is 5.11 Å². The lowest BCUT2D eigenvalue weighted by molar-refractivity contribution is 0.268. The fourth-order valence-corrected chi connectivity index (χ4v) is 2.12. The van der Waals surface area contributed by atoms with Crippen LogP contribution in [0.15, 0.2) is 36.4 Å². The molecule has 3 nitrogen and oxygen atoms in total. The van der Waals surface area contributed by atoms with Crippen LogP contribution in [0.5, 0.6) is 0 Å². The van der Waals surface area contributed by atoms with Crippen molar-refractivity contribution in [1.29, 1.82) is 0 Å². The Kier molecular flexibility index (Phi) is 3.31. The van der Waals surface area contributed by atoms with E-state index in [0.717, 1.165) is 16.6 Å². The predicted octanol–water partition coefficient (Wildman–Crippen LogP) is 1.90. The van der Waals surface area contributed by atoms with E-state index < -0.39 is 0 Å². The molecule has 0 heterocycles. The zero-order chi connectivity index (χ0) is 12.4. The zero-order valence-electron chi connectivity index (χ0n) is 10.2. The summed E-state index contributed by atoms with van der Waals surface area (Å²) in [5.41, 5.74) is 8.08. The van der Waals surface area contributed by atoms with Crippen molar-refractivity contribution < 1.29 is 5.11 Å². The van der Waals surface area contributed by atoms with Gasteiger partial charge in [0.2, 0.25) is 0 Å². The molecule has 0 bridgehead atoms. The monoisotopic (exact) mass is 230 g/mol. The molecule has 0 aliphatic heterocycles. The van der Waals surface area contributed by atoms with Gasteiger partial charge in [-0.1, -0.05) is 30.3 Å². The van der Waals surface area contributed by atoms with Gasteiger partial charge in [-0.2, -0.15) is 0 Å². The highest BCUT2D eigenvalue weighted by Gasteiger charge is 2.11. The molecule has 0 aliphatic carbocycles. The maximum atomic E-state index is 9.19. The number of fused-ring (bicyclic) bond motifs is 1. The minimum Gasteiger partial charge on any atom is -0.394 e. The van der Waals surface area contributed by atoms with Gasteiger partial charge in [0.05, 0.1) is 12.6 Å². The largest absolute Gasteiger partial charge is 0.394 e. The van der Waals surface area contributed by atoms with Crippen molar-refractivity contribution in [3.8, 4) is 0 Å². The third-order valence-electron chi connectivity index (χ3n) is 3.01. The molecular weight excluding hydrogens is 212 g/mol. The summed E-state index contributed by atoms with van der Waals surface area (Å²) in [7, 11) is 4.04. The van der Waals surface area contributed by atoms with Gasteiger partial charge in [-0.3, -0.25) is 0 Å². The quantitative estimate of drug-likeness (QED) is 0.846. The van der Waals surface area contributed by atoms with Crippen molar-refractivity contribution in [3.05, 3.63) is 42.0 Å². The summed E-state index contributed by atoms with van der Waals surface area (Å²) in [6.45, 7) is -0.0364. The summed E-state index contributed by atoms with van der Waals surface area (Å²) in [5.74, 6) is 0. The molecule has 0 spiro atoms. The molecule has 2 aromatic rings. The molecule has 0 saturated heterocycles. The number of hydrogen-bond donors (Lipinski definition) is 2. The number of aliphatic hydroxyl groups is 1. The molecule has 0 aliphatic rings. The van der Waals surface area contributed by atoms with Gasteiger partial charge in [-0.05, 0) is 17.0 Å². The normalized spacial score (nSPS) is 12.7. The summed E-state index contributed by atoms with van der Waals surface area (Å²) in [4.78, 5) is 2.08. The summed E-state index contributed by atoms with van der Waals surface area (Å²) in [6.07, 6.45) is 0. The molecule has 90 valence electrons. The van der Waals surface area contributed by atoms with E-state index in [4.69, 9.17) is 5.73 Å². The van der Waals surface area contributed by atoms with E-state index in [0.29, 0.717) is 0 Å². The molecule has 1 atom stereocenters. The lowest BCUT2D eigenvalue weighted by atomic mass is 9.98. The Labute approximate surface area is 101 Å². The Hall–Kier alpha value is -1.58. The third kappa shape index (κ3) is 2.12. The van der Waals surface area contributed by atoms with Crippen molar-refractivity contribution in [2.24, 2.45) is 5.73 Å². The standard InChI is InChI=1S/C14H18N2O/c1-16(2)14-8-7-11(13(15)9-17)10-5-3-4-6-12(10)14/h3-8,13,17H,9,15H2,1-2H3/t13-/m1/s1. The van der Waals surface area contributed by atoms with E-state index in [1.165, 1.54) is 5.39 Å². The van der Waals surface area contributed by atoms with Crippen LogP contribution in [0, 0.1) is 0 Å². The first-order valence-corrected chi connectivity index (χ1v) is 5.70. The molecule has 0 fully saturated rings. The maximum absolute atomic E-state index is 9.19. The van der Waals surface area contributed by atoms with Crippen LogP contribution in [0.2, 0.25) is 0 Å². The molecule has 0 amide bonds. The van der Waals surface area contributed by atoms with Crippen LogP contribution in [0.4, 0.5) is 5.69 Å². The number of rotatable bonds is 3. The summed E-state index contributed by atoms with van der Waals surface area (Å²) in [5, 5.41) is 11.5. The van der Waals surface area contributed by atoms with E-state index in [-0.39, 0.29) is 12.6 Å². The van der Waals surface area contributed by atoms with Crippen molar-refractivity contribution in [2.75, 3.05) is 25.6 Å². The SMILES string of the molecule is CN(C)c1ccc([C@H](N)CO)c2ccccc12. The lowest BCUT2D eigenvalue weighted by Crippen LogP contribution is -2.16. The summed E-state index contributed by atoms with van der Waals surface area (Å²) in [6, 6.07) is 11.9. The number of nitrogens with zero attached hydrogens (tertiary/aromatic N) is 1. The molecule has 0 unspecified atom stereocenters. The fourth-order valence-electron chi connectivity index (χ4n) is 2.12. The molecule has 2 aromatic carbocycles. The van der Waals surface area contributed by atoms with Crippen LogP contribution in [0.3, 0.4) is 0 Å². The Morgan fingerprint density at radius 3 is 2.35 bits per heavy atom. The number of nitrogens with two attached hydrogens (primary N) is 1. The second-order valence-corrected chi connectivity index (χ2v) is 4.40. The number of hydrogen-bond acceptors (Lipinski definition) is 3. The van der Waals surface area contributed by atoms with Gasteiger partial charge in [0.25, 0.3) is 0 Å². The highest BCUT2D eigenvalue weighted by atomic mass is 16.3. The predicted molar refractivity (Wildman–Crippen MR) is 72.3 cm³/mol. The average molecular weight is 230 g/mol. The smallest absolute Gasteiger partial charge is 0.0624 e. The Balaban J connectivity index is 2.70. The van der Waals surface area contributed by atoms with Gasteiger partial charge in [0.1, 0.15) is 0 Å². The Morgan fingerprint density at radius 2 is 1.76 bits per heavy atom. The van der Waals surface area contributed by atoms with Gasteiger partial charge < -0.3 is 15.7 Å². The highest BCUT2D eigenvalue weighted by molar-refractivity contribution is 5.96. The van der Waals surface area contributed by atoms with E-state index in [2.05, 4.69) is 11.0 Å². The van der Waals surface area contributed by atoms with Crippen LogP contribution in [0.1, 0.15) is 11.6 Å². The molecule has 0 aromatic heterocycles. The molecule has 17 heavy (non-hydrogen) atoms. The minimum absolute atomic E-state index is 0.0364. The fraction of sp³-hybridized carbons (Fsp3) is 0.286. The van der Waals surface area contributed by atoms with Gasteiger partial charge >= 0.3 is 0 Å². The van der Waals surface area contributed by atoms with Crippen molar-refractivity contribution >= 4 is 16.5 Å². The van der Waals surface area contributed by atoms with E-state index in [1.807, 2.05) is 44.4 Å². The van der Waals surface area contributed by atoms with Gasteiger partial charge in [-0.15, -0.1) is 0 Å². The molecule has 3 heteroatoms. The van der Waals surface area contributed by atoms with E-state index in [1.54, 1.807) is 0 Å². The maximum Gasteiger partial charge on any atom is 0.0624 e.